The molecule has 0 fully saturated rings. The van der Waals surface area contributed by atoms with Crippen LogP contribution in [0.15, 0.2) is 89.4 Å². The van der Waals surface area contributed by atoms with Crippen LogP contribution in [0.2, 0.25) is 0 Å². The van der Waals surface area contributed by atoms with Crippen LogP contribution in [0, 0.1) is 0 Å². The Kier molecular flexibility index (Phi) is 9.25. The first-order valence-corrected chi connectivity index (χ1v) is 12.2. The van der Waals surface area contributed by atoms with Crippen molar-refractivity contribution in [1.29, 1.82) is 0 Å². The third-order valence-electron chi connectivity index (χ3n) is 5.74. The average Bonchev–Trinajstić information content (AvgIpc) is 2.85. The molecule has 1 atom stereocenters. The third-order valence-corrected chi connectivity index (χ3v) is 6.23. The highest BCUT2D eigenvalue weighted by Crippen LogP contribution is 2.29. The van der Waals surface area contributed by atoms with E-state index in [4.69, 9.17) is 0 Å². The molecule has 172 valence electrons. The van der Waals surface area contributed by atoms with Crippen LogP contribution < -0.4 is 5.32 Å². The molecule has 0 heterocycles. The summed E-state index contributed by atoms with van der Waals surface area (Å²) < 4.78 is 0.946. The lowest BCUT2D eigenvalue weighted by molar-refractivity contribution is -0.140. The molecule has 3 aromatic carbocycles. The number of hydrogen-bond acceptors (Lipinski definition) is 2. The molecule has 1 unspecified atom stereocenters. The fourth-order valence-electron chi connectivity index (χ4n) is 3.90. The number of amides is 2. The van der Waals surface area contributed by atoms with E-state index in [1.165, 1.54) is 0 Å². The van der Waals surface area contributed by atoms with E-state index in [1.807, 2.05) is 67.6 Å². The van der Waals surface area contributed by atoms with Gasteiger partial charge >= 0.3 is 0 Å². The molecule has 2 amide bonds. The molecule has 33 heavy (non-hydrogen) atoms. The SMILES string of the molecule is CCCNC(=O)C(C)N(Cc1cccc(Br)c1)C(=O)CC(c1ccccc1)c1ccccc1. The van der Waals surface area contributed by atoms with Crippen LogP contribution in [0.25, 0.3) is 0 Å². The predicted octanol–water partition coefficient (Wildman–Crippen LogP) is 5.91. The first-order chi connectivity index (χ1) is 16.0. The van der Waals surface area contributed by atoms with Crippen molar-refractivity contribution in [3.63, 3.8) is 0 Å². The number of rotatable bonds is 10. The smallest absolute Gasteiger partial charge is 0.242 e. The number of carbonyl (C=O) groups is 2. The number of halogens is 1. The molecule has 0 bridgehead atoms. The molecule has 0 spiro atoms. The van der Waals surface area contributed by atoms with E-state index in [0.29, 0.717) is 13.1 Å². The van der Waals surface area contributed by atoms with Gasteiger partial charge < -0.3 is 10.2 Å². The van der Waals surface area contributed by atoms with Gasteiger partial charge in [0.05, 0.1) is 0 Å². The first kappa shape index (κ1) is 24.7. The summed E-state index contributed by atoms with van der Waals surface area (Å²) in [5, 5.41) is 2.94. The number of carbonyl (C=O) groups excluding carboxylic acids is 2. The average molecular weight is 507 g/mol. The second-order valence-corrected chi connectivity index (χ2v) is 9.11. The lowest BCUT2D eigenvalue weighted by Gasteiger charge is -2.30. The zero-order valence-corrected chi connectivity index (χ0v) is 20.8. The lowest BCUT2D eigenvalue weighted by atomic mass is 9.88. The normalized spacial score (nSPS) is 11.8. The fourth-order valence-corrected chi connectivity index (χ4v) is 4.35. The van der Waals surface area contributed by atoms with Crippen molar-refractivity contribution in [3.8, 4) is 0 Å². The molecule has 0 aliphatic carbocycles. The maximum absolute atomic E-state index is 13.7. The topological polar surface area (TPSA) is 49.4 Å². The highest BCUT2D eigenvalue weighted by molar-refractivity contribution is 9.10. The van der Waals surface area contributed by atoms with Crippen LogP contribution >= 0.6 is 15.9 Å². The first-order valence-electron chi connectivity index (χ1n) is 11.4. The second kappa shape index (κ2) is 12.4. The molecule has 0 saturated heterocycles. The Morgan fingerprint density at radius 3 is 2.06 bits per heavy atom. The summed E-state index contributed by atoms with van der Waals surface area (Å²) in [7, 11) is 0. The van der Waals surface area contributed by atoms with Crippen LogP contribution in [0.1, 0.15) is 49.3 Å². The largest absolute Gasteiger partial charge is 0.354 e. The summed E-state index contributed by atoms with van der Waals surface area (Å²) in [4.78, 5) is 28.3. The summed E-state index contributed by atoms with van der Waals surface area (Å²) in [5.41, 5.74) is 3.15. The third kappa shape index (κ3) is 7.03. The molecule has 0 aliphatic rings. The predicted molar refractivity (Wildman–Crippen MR) is 137 cm³/mol. The van der Waals surface area contributed by atoms with Crippen molar-refractivity contribution in [2.75, 3.05) is 6.54 Å². The quantitative estimate of drug-likeness (QED) is 0.371. The Bertz CT molecular complexity index is 1000. The minimum Gasteiger partial charge on any atom is -0.354 e. The van der Waals surface area contributed by atoms with E-state index < -0.39 is 6.04 Å². The number of hydrogen-bond donors (Lipinski definition) is 1. The van der Waals surface area contributed by atoms with Gasteiger partial charge in [0.25, 0.3) is 0 Å². The Balaban J connectivity index is 1.90. The molecule has 4 nitrogen and oxygen atoms in total. The molecular formula is C28H31BrN2O2. The lowest BCUT2D eigenvalue weighted by Crippen LogP contribution is -2.48. The summed E-state index contributed by atoms with van der Waals surface area (Å²) >= 11 is 3.51. The van der Waals surface area contributed by atoms with Gasteiger partial charge in [0, 0.05) is 29.9 Å². The van der Waals surface area contributed by atoms with Gasteiger partial charge in [-0.3, -0.25) is 9.59 Å². The highest BCUT2D eigenvalue weighted by atomic mass is 79.9. The molecule has 5 heteroatoms. The maximum atomic E-state index is 13.7. The fraction of sp³-hybridized carbons (Fsp3) is 0.286. The molecule has 0 aromatic heterocycles. The van der Waals surface area contributed by atoms with Crippen molar-refractivity contribution >= 4 is 27.7 Å². The van der Waals surface area contributed by atoms with Crippen LogP contribution in [0.4, 0.5) is 0 Å². The Labute approximate surface area is 205 Å². The van der Waals surface area contributed by atoms with Gasteiger partial charge in [-0.2, -0.15) is 0 Å². The van der Waals surface area contributed by atoms with Crippen molar-refractivity contribution in [2.24, 2.45) is 0 Å². The van der Waals surface area contributed by atoms with Crippen molar-refractivity contribution in [2.45, 2.75) is 45.2 Å². The summed E-state index contributed by atoms with van der Waals surface area (Å²) in [6.45, 7) is 4.79. The molecule has 1 N–H and O–H groups in total. The zero-order chi connectivity index (χ0) is 23.6. The Hall–Kier alpha value is -2.92. The molecular weight excluding hydrogens is 476 g/mol. The van der Waals surface area contributed by atoms with Crippen molar-refractivity contribution in [1.82, 2.24) is 10.2 Å². The van der Waals surface area contributed by atoms with E-state index in [1.54, 1.807) is 11.8 Å². The van der Waals surface area contributed by atoms with Gasteiger partial charge in [0.2, 0.25) is 11.8 Å². The maximum Gasteiger partial charge on any atom is 0.242 e. The monoisotopic (exact) mass is 506 g/mol. The van der Waals surface area contributed by atoms with Gasteiger partial charge in [-0.05, 0) is 42.2 Å². The molecule has 0 radical (unpaired) electrons. The van der Waals surface area contributed by atoms with E-state index in [0.717, 1.165) is 27.6 Å². The van der Waals surface area contributed by atoms with Crippen molar-refractivity contribution < 1.29 is 9.59 Å². The van der Waals surface area contributed by atoms with Crippen LogP contribution in [0.5, 0.6) is 0 Å². The van der Waals surface area contributed by atoms with E-state index in [9.17, 15) is 9.59 Å². The van der Waals surface area contributed by atoms with Crippen LogP contribution in [-0.2, 0) is 16.1 Å². The molecule has 0 aliphatic heterocycles. The minimum absolute atomic E-state index is 0.0492. The number of nitrogens with zero attached hydrogens (tertiary/aromatic N) is 1. The van der Waals surface area contributed by atoms with E-state index in [-0.39, 0.29) is 24.2 Å². The van der Waals surface area contributed by atoms with Crippen molar-refractivity contribution in [3.05, 3.63) is 106 Å². The molecule has 0 saturated carbocycles. The molecule has 3 rings (SSSR count). The van der Waals surface area contributed by atoms with Gasteiger partial charge in [0.1, 0.15) is 6.04 Å². The number of benzene rings is 3. The van der Waals surface area contributed by atoms with Gasteiger partial charge in [-0.15, -0.1) is 0 Å². The summed E-state index contributed by atoms with van der Waals surface area (Å²) in [6.07, 6.45) is 1.13. The van der Waals surface area contributed by atoms with E-state index in [2.05, 4.69) is 45.5 Å². The summed E-state index contributed by atoms with van der Waals surface area (Å²) in [6, 6.07) is 27.5. The highest BCUT2D eigenvalue weighted by Gasteiger charge is 2.28. The zero-order valence-electron chi connectivity index (χ0n) is 19.2. The van der Waals surface area contributed by atoms with Crippen LogP contribution in [0.3, 0.4) is 0 Å². The van der Waals surface area contributed by atoms with Gasteiger partial charge in [0.15, 0.2) is 0 Å². The number of nitrogens with one attached hydrogen (secondary N) is 1. The summed E-state index contributed by atoms with van der Waals surface area (Å²) in [5.74, 6) is -0.265. The Morgan fingerprint density at radius 1 is 0.909 bits per heavy atom. The second-order valence-electron chi connectivity index (χ2n) is 8.20. The van der Waals surface area contributed by atoms with E-state index >= 15 is 0 Å². The van der Waals surface area contributed by atoms with Gasteiger partial charge in [-0.25, -0.2) is 0 Å². The van der Waals surface area contributed by atoms with Crippen LogP contribution in [-0.4, -0.2) is 29.3 Å². The van der Waals surface area contributed by atoms with Gasteiger partial charge in [-0.1, -0.05) is 95.7 Å². The Morgan fingerprint density at radius 2 is 1.52 bits per heavy atom. The minimum atomic E-state index is -0.574. The molecule has 3 aromatic rings. The standard InChI is InChI=1S/C28H31BrN2O2/c1-3-17-30-28(33)21(2)31(20-22-11-10-16-25(29)18-22)27(32)19-26(23-12-6-4-7-13-23)24-14-8-5-9-15-24/h4-16,18,21,26H,3,17,19-20H2,1-2H3,(H,30,33).